The van der Waals surface area contributed by atoms with Crippen LogP contribution in [0.4, 0.5) is 19.3 Å². The Labute approximate surface area is 156 Å². The summed E-state index contributed by atoms with van der Waals surface area (Å²) in [4.78, 5) is 25.4. The second-order valence-electron chi connectivity index (χ2n) is 6.53. The Kier molecular flexibility index (Phi) is 6.77. The molecule has 1 aliphatic carbocycles. The molecule has 2 aliphatic rings. The van der Waals surface area contributed by atoms with E-state index in [4.69, 9.17) is 5.73 Å². The van der Waals surface area contributed by atoms with Gasteiger partial charge in [-0.1, -0.05) is 12.8 Å². The number of rotatable bonds is 4. The van der Waals surface area contributed by atoms with Crippen LogP contribution in [0.3, 0.4) is 0 Å². The molecule has 0 aromatic heterocycles. The van der Waals surface area contributed by atoms with Crippen molar-refractivity contribution in [2.45, 2.75) is 31.7 Å². The number of carbonyl (C=O) groups is 2. The van der Waals surface area contributed by atoms with Gasteiger partial charge in [-0.05, 0) is 31.4 Å². The molecule has 3 amide bonds. The lowest BCUT2D eigenvalue weighted by molar-refractivity contribution is 0.0904. The molecule has 2 atom stereocenters. The fourth-order valence-electron chi connectivity index (χ4n) is 3.55. The maximum Gasteiger partial charge on any atom is 0.322 e. The van der Waals surface area contributed by atoms with Gasteiger partial charge in [-0.2, -0.15) is 0 Å². The minimum absolute atomic E-state index is 0. The Balaban J connectivity index is 0.00000243. The largest absolute Gasteiger partial charge is 0.349 e. The van der Waals surface area contributed by atoms with Gasteiger partial charge in [0.15, 0.2) is 0 Å². The number of hydrogen-bond donors (Lipinski definition) is 3. The average molecular weight is 389 g/mol. The van der Waals surface area contributed by atoms with E-state index in [2.05, 4.69) is 10.6 Å². The van der Waals surface area contributed by atoms with Crippen molar-refractivity contribution in [3.05, 3.63) is 29.3 Å². The zero-order valence-corrected chi connectivity index (χ0v) is 15.1. The first kappa shape index (κ1) is 20.4. The van der Waals surface area contributed by atoms with Crippen LogP contribution in [0.15, 0.2) is 12.1 Å². The van der Waals surface area contributed by atoms with Crippen LogP contribution in [0.5, 0.6) is 0 Å². The zero-order chi connectivity index (χ0) is 18.0. The molecular formula is C17H23ClF2N4O2. The summed E-state index contributed by atoms with van der Waals surface area (Å²) in [5, 5.41) is 5.37. The minimum atomic E-state index is -0.946. The minimum Gasteiger partial charge on any atom is -0.349 e. The topological polar surface area (TPSA) is 87.5 Å². The lowest BCUT2D eigenvalue weighted by atomic mass is 9.84. The molecule has 1 aromatic carbocycles. The van der Waals surface area contributed by atoms with E-state index in [1.54, 1.807) is 0 Å². The van der Waals surface area contributed by atoms with E-state index in [1.807, 2.05) is 0 Å². The molecule has 1 heterocycles. The molecule has 144 valence electrons. The van der Waals surface area contributed by atoms with Crippen molar-refractivity contribution in [2.75, 3.05) is 24.5 Å². The number of anilines is 1. The van der Waals surface area contributed by atoms with Crippen molar-refractivity contribution in [1.29, 1.82) is 0 Å². The van der Waals surface area contributed by atoms with E-state index in [1.165, 1.54) is 0 Å². The Hall–Kier alpha value is -1.93. The molecule has 1 saturated carbocycles. The number of hydrogen-bond acceptors (Lipinski definition) is 3. The molecule has 1 aliphatic heterocycles. The van der Waals surface area contributed by atoms with E-state index in [0.29, 0.717) is 19.2 Å². The summed E-state index contributed by atoms with van der Waals surface area (Å²) in [5.74, 6) is -2.27. The van der Waals surface area contributed by atoms with E-state index in [0.717, 1.165) is 36.6 Å². The summed E-state index contributed by atoms with van der Waals surface area (Å²) in [5.41, 5.74) is 5.39. The highest BCUT2D eigenvalue weighted by molar-refractivity contribution is 5.99. The molecular weight excluding hydrogens is 366 g/mol. The molecule has 0 bridgehead atoms. The summed E-state index contributed by atoms with van der Waals surface area (Å²) < 4.78 is 28.2. The number of nitrogens with zero attached hydrogens (tertiary/aromatic N) is 1. The second-order valence-corrected chi connectivity index (χ2v) is 6.53. The van der Waals surface area contributed by atoms with Crippen molar-refractivity contribution in [1.82, 2.24) is 10.6 Å². The standard InChI is InChI=1S/C17H22F2N4O2.ClH/c18-12-8-13(19)15(23-6-5-21-17(23)25)7-11(12)16(24)22-14-4-2-1-3-10(14)9-20;/h7-8,10,14H,1-6,9,20H2,(H,21,25)(H,22,24);1H. The van der Waals surface area contributed by atoms with Crippen LogP contribution in [0.1, 0.15) is 36.0 Å². The molecule has 1 saturated heterocycles. The summed E-state index contributed by atoms with van der Waals surface area (Å²) in [7, 11) is 0. The van der Waals surface area contributed by atoms with Gasteiger partial charge in [-0.3, -0.25) is 9.69 Å². The van der Waals surface area contributed by atoms with Gasteiger partial charge < -0.3 is 16.4 Å². The van der Waals surface area contributed by atoms with Gasteiger partial charge in [-0.15, -0.1) is 12.4 Å². The molecule has 3 rings (SSSR count). The maximum absolute atomic E-state index is 14.2. The van der Waals surface area contributed by atoms with Crippen molar-refractivity contribution < 1.29 is 18.4 Å². The van der Waals surface area contributed by atoms with Crippen LogP contribution in [-0.2, 0) is 0 Å². The van der Waals surface area contributed by atoms with Crippen LogP contribution in [-0.4, -0.2) is 37.6 Å². The monoisotopic (exact) mass is 388 g/mol. The van der Waals surface area contributed by atoms with E-state index in [9.17, 15) is 18.4 Å². The fraction of sp³-hybridized carbons (Fsp3) is 0.529. The van der Waals surface area contributed by atoms with Gasteiger partial charge in [0.25, 0.3) is 5.91 Å². The molecule has 0 spiro atoms. The van der Waals surface area contributed by atoms with E-state index in [-0.39, 0.29) is 42.2 Å². The molecule has 2 fully saturated rings. The second kappa shape index (κ2) is 8.64. The van der Waals surface area contributed by atoms with Gasteiger partial charge in [0.1, 0.15) is 11.6 Å². The first-order chi connectivity index (χ1) is 12.0. The Morgan fingerprint density at radius 1 is 1.27 bits per heavy atom. The Bertz CT molecular complexity index is 689. The summed E-state index contributed by atoms with van der Waals surface area (Å²) in [6.45, 7) is 1.09. The first-order valence-corrected chi connectivity index (χ1v) is 8.56. The third-order valence-corrected chi connectivity index (χ3v) is 4.96. The van der Waals surface area contributed by atoms with E-state index >= 15 is 0 Å². The van der Waals surface area contributed by atoms with Crippen molar-refractivity contribution in [3.8, 4) is 0 Å². The number of amides is 3. The highest BCUT2D eigenvalue weighted by Gasteiger charge is 2.29. The SMILES string of the molecule is Cl.NCC1CCCCC1NC(=O)c1cc(N2CCNC2=O)c(F)cc1F. The van der Waals surface area contributed by atoms with Crippen LogP contribution >= 0.6 is 12.4 Å². The van der Waals surface area contributed by atoms with Crippen LogP contribution in [0, 0.1) is 17.6 Å². The third-order valence-electron chi connectivity index (χ3n) is 4.96. The predicted octanol–water partition coefficient (Wildman–Crippen LogP) is 2.16. The van der Waals surface area contributed by atoms with Gasteiger partial charge in [0.05, 0.1) is 11.3 Å². The summed E-state index contributed by atoms with van der Waals surface area (Å²) in [6, 6.07) is 1.17. The number of urea groups is 1. The number of halogens is 3. The molecule has 6 nitrogen and oxygen atoms in total. The highest BCUT2D eigenvalue weighted by Crippen LogP contribution is 2.27. The van der Waals surface area contributed by atoms with Gasteiger partial charge in [0.2, 0.25) is 0 Å². The lowest BCUT2D eigenvalue weighted by Gasteiger charge is -2.31. The van der Waals surface area contributed by atoms with Crippen molar-refractivity contribution >= 4 is 30.0 Å². The Morgan fingerprint density at radius 2 is 2.00 bits per heavy atom. The Morgan fingerprint density at radius 3 is 2.65 bits per heavy atom. The lowest BCUT2D eigenvalue weighted by Crippen LogP contribution is -2.45. The molecule has 4 N–H and O–H groups in total. The summed E-state index contributed by atoms with van der Waals surface area (Å²) >= 11 is 0. The van der Waals surface area contributed by atoms with Crippen LogP contribution in [0.2, 0.25) is 0 Å². The van der Waals surface area contributed by atoms with Crippen LogP contribution < -0.4 is 21.3 Å². The molecule has 26 heavy (non-hydrogen) atoms. The zero-order valence-electron chi connectivity index (χ0n) is 14.3. The predicted molar refractivity (Wildman–Crippen MR) is 96.6 cm³/mol. The maximum atomic E-state index is 14.2. The number of nitrogens with one attached hydrogen (secondary N) is 2. The van der Waals surface area contributed by atoms with Crippen LogP contribution in [0.25, 0.3) is 0 Å². The van der Waals surface area contributed by atoms with Gasteiger partial charge in [0, 0.05) is 25.2 Å². The first-order valence-electron chi connectivity index (χ1n) is 8.56. The average Bonchev–Trinajstić information content (AvgIpc) is 3.01. The third kappa shape index (κ3) is 4.07. The van der Waals surface area contributed by atoms with Crippen molar-refractivity contribution in [3.63, 3.8) is 0 Å². The van der Waals surface area contributed by atoms with Gasteiger partial charge >= 0.3 is 6.03 Å². The van der Waals surface area contributed by atoms with E-state index < -0.39 is 23.6 Å². The smallest absolute Gasteiger partial charge is 0.322 e. The number of nitrogens with two attached hydrogens (primary N) is 1. The fourth-order valence-corrected chi connectivity index (χ4v) is 3.55. The normalized spacial score (nSPS) is 22.6. The number of carbonyl (C=O) groups excluding carboxylic acids is 2. The molecule has 0 radical (unpaired) electrons. The van der Waals surface area contributed by atoms with Gasteiger partial charge in [-0.25, -0.2) is 13.6 Å². The molecule has 2 unspecified atom stereocenters. The highest BCUT2D eigenvalue weighted by atomic mass is 35.5. The van der Waals surface area contributed by atoms with Crippen molar-refractivity contribution in [2.24, 2.45) is 11.7 Å². The molecule has 1 aromatic rings. The molecule has 9 heteroatoms. The summed E-state index contributed by atoms with van der Waals surface area (Å²) in [6.07, 6.45) is 3.75. The quantitative estimate of drug-likeness (QED) is 0.738. The number of benzene rings is 1.